The van der Waals surface area contributed by atoms with Crippen LogP contribution in [0, 0.1) is 5.82 Å². The van der Waals surface area contributed by atoms with Gasteiger partial charge in [-0.05, 0) is 45.8 Å². The van der Waals surface area contributed by atoms with Crippen molar-refractivity contribution >= 4 is 27.3 Å². The van der Waals surface area contributed by atoms with E-state index in [4.69, 9.17) is 0 Å². The number of hydrogen-bond acceptors (Lipinski definition) is 2. The normalized spacial score (nSPS) is 10.3. The number of para-hydroxylation sites is 2. The number of nitrogens with zero attached hydrogens (tertiary/aromatic N) is 1. The minimum Gasteiger partial charge on any atom is -0.379 e. The van der Waals surface area contributed by atoms with Gasteiger partial charge in [0.05, 0.1) is 15.8 Å². The number of anilines is 2. The van der Waals surface area contributed by atoms with Crippen molar-refractivity contribution in [1.82, 2.24) is 0 Å². The van der Waals surface area contributed by atoms with Crippen LogP contribution in [0.2, 0.25) is 0 Å². The van der Waals surface area contributed by atoms with E-state index in [1.807, 2.05) is 32.3 Å². The Morgan fingerprint density at radius 1 is 1.16 bits per heavy atom. The van der Waals surface area contributed by atoms with Gasteiger partial charge in [0.2, 0.25) is 0 Å². The van der Waals surface area contributed by atoms with Gasteiger partial charge in [-0.1, -0.05) is 18.2 Å². The SMILES string of the molecule is CN(C)c1ccccc1NCc1ccc(F)c(Br)c1. The highest BCUT2D eigenvalue weighted by Crippen LogP contribution is 2.24. The molecule has 2 nitrogen and oxygen atoms in total. The standard InChI is InChI=1S/C15H16BrFN2/c1-19(2)15-6-4-3-5-14(15)18-10-11-7-8-13(17)12(16)9-11/h3-9,18H,10H2,1-2H3. The molecule has 0 atom stereocenters. The van der Waals surface area contributed by atoms with Crippen molar-refractivity contribution in [3.05, 3.63) is 58.3 Å². The molecule has 0 aromatic heterocycles. The molecule has 19 heavy (non-hydrogen) atoms. The molecule has 0 bridgehead atoms. The summed E-state index contributed by atoms with van der Waals surface area (Å²) >= 11 is 3.20. The van der Waals surface area contributed by atoms with E-state index in [0.29, 0.717) is 11.0 Å². The van der Waals surface area contributed by atoms with Gasteiger partial charge in [0.15, 0.2) is 0 Å². The molecule has 0 fully saturated rings. The molecule has 4 heteroatoms. The largest absolute Gasteiger partial charge is 0.379 e. The highest BCUT2D eigenvalue weighted by Gasteiger charge is 2.04. The van der Waals surface area contributed by atoms with Gasteiger partial charge < -0.3 is 10.2 Å². The van der Waals surface area contributed by atoms with E-state index in [2.05, 4.69) is 32.2 Å². The lowest BCUT2D eigenvalue weighted by Crippen LogP contribution is -2.12. The summed E-state index contributed by atoms with van der Waals surface area (Å²) in [5.74, 6) is -0.238. The Morgan fingerprint density at radius 2 is 1.89 bits per heavy atom. The monoisotopic (exact) mass is 322 g/mol. The lowest BCUT2D eigenvalue weighted by molar-refractivity contribution is 0.620. The predicted molar refractivity (Wildman–Crippen MR) is 82.2 cm³/mol. The molecule has 0 aliphatic carbocycles. The van der Waals surface area contributed by atoms with E-state index in [-0.39, 0.29) is 5.82 Å². The Hall–Kier alpha value is -1.55. The average molecular weight is 323 g/mol. The van der Waals surface area contributed by atoms with Crippen molar-refractivity contribution in [3.63, 3.8) is 0 Å². The number of hydrogen-bond donors (Lipinski definition) is 1. The zero-order valence-electron chi connectivity index (χ0n) is 11.0. The summed E-state index contributed by atoms with van der Waals surface area (Å²) in [6.45, 7) is 0.656. The molecule has 0 saturated carbocycles. The lowest BCUT2D eigenvalue weighted by Gasteiger charge is -2.18. The van der Waals surface area contributed by atoms with Gasteiger partial charge in [-0.25, -0.2) is 4.39 Å². The van der Waals surface area contributed by atoms with Crippen molar-refractivity contribution in [2.75, 3.05) is 24.3 Å². The molecule has 0 amide bonds. The molecule has 0 heterocycles. The van der Waals surface area contributed by atoms with Crippen LogP contribution in [-0.2, 0) is 6.54 Å². The first kappa shape index (κ1) is 13.9. The second kappa shape index (κ2) is 6.06. The molecule has 2 aromatic rings. The average Bonchev–Trinajstić information content (AvgIpc) is 2.40. The fourth-order valence-corrected chi connectivity index (χ4v) is 2.29. The van der Waals surface area contributed by atoms with Gasteiger partial charge in [0.25, 0.3) is 0 Å². The minimum absolute atomic E-state index is 0.238. The van der Waals surface area contributed by atoms with E-state index in [1.54, 1.807) is 12.1 Å². The number of rotatable bonds is 4. The van der Waals surface area contributed by atoms with Gasteiger partial charge >= 0.3 is 0 Å². The third kappa shape index (κ3) is 3.47. The quantitative estimate of drug-likeness (QED) is 0.904. The molecule has 0 unspecified atom stereocenters. The topological polar surface area (TPSA) is 15.3 Å². The molecule has 2 rings (SSSR count). The van der Waals surface area contributed by atoms with Crippen LogP contribution in [0.25, 0.3) is 0 Å². The van der Waals surface area contributed by atoms with Crippen LogP contribution in [-0.4, -0.2) is 14.1 Å². The van der Waals surface area contributed by atoms with Crippen molar-refractivity contribution < 1.29 is 4.39 Å². The van der Waals surface area contributed by atoms with E-state index >= 15 is 0 Å². The molecule has 0 radical (unpaired) electrons. The second-order valence-electron chi connectivity index (χ2n) is 4.51. The van der Waals surface area contributed by atoms with Crippen molar-refractivity contribution in [3.8, 4) is 0 Å². The summed E-state index contributed by atoms with van der Waals surface area (Å²) in [4.78, 5) is 2.06. The predicted octanol–water partition coefficient (Wildman–Crippen LogP) is 4.27. The zero-order chi connectivity index (χ0) is 13.8. The highest BCUT2D eigenvalue weighted by atomic mass is 79.9. The Bertz CT molecular complexity index is 570. The van der Waals surface area contributed by atoms with Crippen LogP contribution < -0.4 is 10.2 Å². The van der Waals surface area contributed by atoms with Crippen LogP contribution in [0.3, 0.4) is 0 Å². The molecule has 100 valence electrons. The van der Waals surface area contributed by atoms with E-state index in [0.717, 1.165) is 16.9 Å². The van der Waals surface area contributed by atoms with Gasteiger partial charge in [0, 0.05) is 20.6 Å². The third-order valence-electron chi connectivity index (χ3n) is 2.85. The van der Waals surface area contributed by atoms with E-state index < -0.39 is 0 Å². The summed E-state index contributed by atoms with van der Waals surface area (Å²) in [6, 6.07) is 13.1. The zero-order valence-corrected chi connectivity index (χ0v) is 12.5. The summed E-state index contributed by atoms with van der Waals surface area (Å²) < 4.78 is 13.7. The first-order valence-corrected chi connectivity index (χ1v) is 6.81. The summed E-state index contributed by atoms with van der Waals surface area (Å²) in [5.41, 5.74) is 3.22. The maximum absolute atomic E-state index is 13.2. The molecule has 2 aromatic carbocycles. The van der Waals surface area contributed by atoms with Gasteiger partial charge in [-0.3, -0.25) is 0 Å². The van der Waals surface area contributed by atoms with Crippen molar-refractivity contribution in [2.24, 2.45) is 0 Å². The Labute approximate surface area is 121 Å². The van der Waals surface area contributed by atoms with Crippen molar-refractivity contribution in [1.29, 1.82) is 0 Å². The molecular weight excluding hydrogens is 307 g/mol. The fraction of sp³-hybridized carbons (Fsp3) is 0.200. The summed E-state index contributed by atoms with van der Waals surface area (Å²) in [5, 5.41) is 3.37. The lowest BCUT2D eigenvalue weighted by atomic mass is 10.2. The Balaban J connectivity index is 2.12. The smallest absolute Gasteiger partial charge is 0.137 e. The first-order chi connectivity index (χ1) is 9.08. The maximum atomic E-state index is 13.2. The molecule has 0 aliphatic heterocycles. The number of halogens is 2. The van der Waals surface area contributed by atoms with Crippen molar-refractivity contribution in [2.45, 2.75) is 6.54 Å². The molecule has 0 aliphatic rings. The Kier molecular flexibility index (Phi) is 4.43. The summed E-state index contributed by atoms with van der Waals surface area (Å²) in [7, 11) is 4.02. The maximum Gasteiger partial charge on any atom is 0.137 e. The Morgan fingerprint density at radius 3 is 2.58 bits per heavy atom. The first-order valence-electron chi connectivity index (χ1n) is 6.02. The van der Waals surface area contributed by atoms with Gasteiger partial charge in [-0.15, -0.1) is 0 Å². The van der Waals surface area contributed by atoms with Gasteiger partial charge in [-0.2, -0.15) is 0 Å². The van der Waals surface area contributed by atoms with Crippen LogP contribution in [0.15, 0.2) is 46.9 Å². The van der Waals surface area contributed by atoms with Crippen LogP contribution in [0.4, 0.5) is 15.8 Å². The van der Waals surface area contributed by atoms with Crippen LogP contribution >= 0.6 is 15.9 Å². The van der Waals surface area contributed by atoms with Gasteiger partial charge in [0.1, 0.15) is 5.82 Å². The van der Waals surface area contributed by atoms with E-state index in [1.165, 1.54) is 6.07 Å². The number of benzene rings is 2. The fourth-order valence-electron chi connectivity index (χ4n) is 1.86. The minimum atomic E-state index is -0.238. The van der Waals surface area contributed by atoms with Crippen LogP contribution in [0.1, 0.15) is 5.56 Å². The molecule has 1 N–H and O–H groups in total. The molecule has 0 saturated heterocycles. The molecular formula is C15H16BrFN2. The molecule has 0 spiro atoms. The van der Waals surface area contributed by atoms with E-state index in [9.17, 15) is 4.39 Å². The van der Waals surface area contributed by atoms with Crippen LogP contribution in [0.5, 0.6) is 0 Å². The second-order valence-corrected chi connectivity index (χ2v) is 5.37. The number of nitrogens with one attached hydrogen (secondary N) is 1. The highest BCUT2D eigenvalue weighted by molar-refractivity contribution is 9.10. The third-order valence-corrected chi connectivity index (χ3v) is 3.46. The summed E-state index contributed by atoms with van der Waals surface area (Å²) in [6.07, 6.45) is 0.